The van der Waals surface area contributed by atoms with E-state index >= 15 is 0 Å². The van der Waals surface area contributed by atoms with Crippen molar-refractivity contribution in [2.75, 3.05) is 6.54 Å². The molecule has 1 amide bonds. The van der Waals surface area contributed by atoms with E-state index < -0.39 is 6.10 Å². The summed E-state index contributed by atoms with van der Waals surface area (Å²) < 4.78 is 5.21. The van der Waals surface area contributed by atoms with E-state index in [2.05, 4.69) is 0 Å². The van der Waals surface area contributed by atoms with Crippen molar-refractivity contribution in [3.63, 3.8) is 0 Å². The first-order chi connectivity index (χ1) is 8.16. The van der Waals surface area contributed by atoms with Crippen LogP contribution in [0.15, 0.2) is 30.3 Å². The van der Waals surface area contributed by atoms with Gasteiger partial charge >= 0.3 is 6.09 Å². The predicted octanol–water partition coefficient (Wildman–Crippen LogP) is 1.78. The zero-order valence-electron chi connectivity index (χ0n) is 9.87. The molecule has 0 aromatic heterocycles. The van der Waals surface area contributed by atoms with Crippen molar-refractivity contribution in [2.45, 2.75) is 32.1 Å². The second-order valence-electron chi connectivity index (χ2n) is 4.43. The second-order valence-corrected chi connectivity index (χ2v) is 4.43. The Bertz CT molecular complexity index is 380. The van der Waals surface area contributed by atoms with Crippen molar-refractivity contribution in [2.24, 2.45) is 0 Å². The predicted molar refractivity (Wildman–Crippen MR) is 63.4 cm³/mol. The van der Waals surface area contributed by atoms with Crippen molar-refractivity contribution in [3.8, 4) is 0 Å². The molecule has 17 heavy (non-hydrogen) atoms. The van der Waals surface area contributed by atoms with Gasteiger partial charge in [0.15, 0.2) is 0 Å². The van der Waals surface area contributed by atoms with Crippen molar-refractivity contribution in [1.82, 2.24) is 4.90 Å². The van der Waals surface area contributed by atoms with Gasteiger partial charge in [0, 0.05) is 6.04 Å². The summed E-state index contributed by atoms with van der Waals surface area (Å²) in [5.41, 5.74) is 0.966. The summed E-state index contributed by atoms with van der Waals surface area (Å²) in [7, 11) is 0. The average molecular weight is 235 g/mol. The third-order valence-corrected chi connectivity index (χ3v) is 2.99. The zero-order chi connectivity index (χ0) is 12.3. The third-order valence-electron chi connectivity index (χ3n) is 2.99. The molecule has 1 aromatic rings. The zero-order valence-corrected chi connectivity index (χ0v) is 9.87. The molecule has 1 aliphatic heterocycles. The van der Waals surface area contributed by atoms with Crippen LogP contribution in [-0.2, 0) is 11.3 Å². The SMILES string of the molecule is CC1CC(O)CN1C(=O)OCc1ccccc1. The van der Waals surface area contributed by atoms with E-state index in [-0.39, 0.29) is 18.7 Å². The molecule has 2 rings (SSSR count). The molecule has 4 heteroatoms. The average Bonchev–Trinajstić information content (AvgIpc) is 2.67. The minimum atomic E-state index is -0.422. The Morgan fingerprint density at radius 2 is 2.18 bits per heavy atom. The summed E-state index contributed by atoms with van der Waals surface area (Å²) in [5, 5.41) is 9.45. The molecule has 1 aliphatic rings. The number of likely N-dealkylation sites (tertiary alicyclic amines) is 1. The van der Waals surface area contributed by atoms with Crippen LogP contribution in [-0.4, -0.2) is 34.8 Å². The number of amides is 1. The van der Waals surface area contributed by atoms with Crippen LogP contribution < -0.4 is 0 Å². The van der Waals surface area contributed by atoms with Crippen LogP contribution in [0.4, 0.5) is 4.79 Å². The number of aliphatic hydroxyl groups excluding tert-OH is 1. The van der Waals surface area contributed by atoms with Gasteiger partial charge in [-0.1, -0.05) is 30.3 Å². The van der Waals surface area contributed by atoms with Crippen LogP contribution in [0.1, 0.15) is 18.9 Å². The number of rotatable bonds is 2. The lowest BCUT2D eigenvalue weighted by molar-refractivity contribution is 0.0896. The lowest BCUT2D eigenvalue weighted by Crippen LogP contribution is -2.34. The Morgan fingerprint density at radius 3 is 2.76 bits per heavy atom. The van der Waals surface area contributed by atoms with Crippen molar-refractivity contribution in [3.05, 3.63) is 35.9 Å². The molecular weight excluding hydrogens is 218 g/mol. The van der Waals surface area contributed by atoms with Crippen LogP contribution in [0, 0.1) is 0 Å². The smallest absolute Gasteiger partial charge is 0.410 e. The van der Waals surface area contributed by atoms with Gasteiger partial charge in [-0.3, -0.25) is 0 Å². The van der Waals surface area contributed by atoms with Gasteiger partial charge in [0.05, 0.1) is 12.6 Å². The Balaban J connectivity index is 1.86. The summed E-state index contributed by atoms with van der Waals surface area (Å²) in [5.74, 6) is 0. The molecule has 1 fully saturated rings. The lowest BCUT2D eigenvalue weighted by atomic mass is 10.2. The first kappa shape index (κ1) is 11.9. The minimum absolute atomic E-state index is 0.0493. The number of carbonyl (C=O) groups is 1. The number of nitrogens with zero attached hydrogens (tertiary/aromatic N) is 1. The van der Waals surface area contributed by atoms with E-state index in [9.17, 15) is 9.90 Å². The van der Waals surface area contributed by atoms with E-state index in [1.54, 1.807) is 4.90 Å². The molecule has 0 radical (unpaired) electrons. The number of ether oxygens (including phenoxy) is 1. The molecule has 0 bridgehead atoms. The van der Waals surface area contributed by atoms with Crippen LogP contribution in [0.3, 0.4) is 0 Å². The summed E-state index contributed by atoms with van der Waals surface area (Å²) >= 11 is 0. The number of hydrogen-bond acceptors (Lipinski definition) is 3. The van der Waals surface area contributed by atoms with Gasteiger partial charge in [0.2, 0.25) is 0 Å². The number of aliphatic hydroxyl groups is 1. The fourth-order valence-electron chi connectivity index (χ4n) is 2.06. The molecule has 2 atom stereocenters. The largest absolute Gasteiger partial charge is 0.445 e. The van der Waals surface area contributed by atoms with Gasteiger partial charge in [-0.25, -0.2) is 4.79 Å². The van der Waals surface area contributed by atoms with Gasteiger partial charge in [0.1, 0.15) is 6.61 Å². The molecule has 1 aromatic carbocycles. The molecule has 0 spiro atoms. The molecule has 0 aliphatic carbocycles. The standard InChI is InChI=1S/C13H17NO3/c1-10-7-12(15)8-14(10)13(16)17-9-11-5-3-2-4-6-11/h2-6,10,12,15H,7-9H2,1H3. The molecule has 4 nitrogen and oxygen atoms in total. The van der Waals surface area contributed by atoms with Gasteiger partial charge in [-0.2, -0.15) is 0 Å². The Morgan fingerprint density at radius 1 is 1.47 bits per heavy atom. The van der Waals surface area contributed by atoms with Crippen molar-refractivity contribution in [1.29, 1.82) is 0 Å². The summed E-state index contributed by atoms with van der Waals surface area (Å²) in [6.07, 6.45) is -0.146. The van der Waals surface area contributed by atoms with E-state index in [1.807, 2.05) is 37.3 Å². The summed E-state index contributed by atoms with van der Waals surface area (Å²) in [6, 6.07) is 9.61. The normalized spacial score (nSPS) is 23.8. The van der Waals surface area contributed by atoms with E-state index in [0.29, 0.717) is 13.0 Å². The molecule has 1 saturated heterocycles. The van der Waals surface area contributed by atoms with Crippen LogP contribution in [0.25, 0.3) is 0 Å². The van der Waals surface area contributed by atoms with E-state index in [4.69, 9.17) is 4.74 Å². The van der Waals surface area contributed by atoms with Crippen molar-refractivity contribution >= 4 is 6.09 Å². The maximum Gasteiger partial charge on any atom is 0.410 e. The summed E-state index contributed by atoms with van der Waals surface area (Å²) in [6.45, 7) is 2.56. The second kappa shape index (κ2) is 5.19. The van der Waals surface area contributed by atoms with E-state index in [0.717, 1.165) is 5.56 Å². The van der Waals surface area contributed by atoms with Crippen LogP contribution in [0.2, 0.25) is 0 Å². The Kier molecular flexibility index (Phi) is 3.64. The Labute approximate surface area is 101 Å². The molecule has 2 unspecified atom stereocenters. The maximum atomic E-state index is 11.8. The number of benzene rings is 1. The van der Waals surface area contributed by atoms with Crippen LogP contribution in [0.5, 0.6) is 0 Å². The van der Waals surface area contributed by atoms with E-state index in [1.165, 1.54) is 0 Å². The monoisotopic (exact) mass is 235 g/mol. The highest BCUT2D eigenvalue weighted by atomic mass is 16.6. The molecule has 0 saturated carbocycles. The topological polar surface area (TPSA) is 49.8 Å². The molecule has 92 valence electrons. The molecule has 1 heterocycles. The fraction of sp³-hybridized carbons (Fsp3) is 0.462. The highest BCUT2D eigenvalue weighted by Crippen LogP contribution is 2.18. The highest BCUT2D eigenvalue weighted by Gasteiger charge is 2.32. The van der Waals surface area contributed by atoms with Gasteiger partial charge < -0.3 is 14.7 Å². The molecular formula is C13H17NO3. The van der Waals surface area contributed by atoms with Crippen molar-refractivity contribution < 1.29 is 14.6 Å². The lowest BCUT2D eigenvalue weighted by Gasteiger charge is -2.20. The first-order valence-electron chi connectivity index (χ1n) is 5.82. The fourth-order valence-corrected chi connectivity index (χ4v) is 2.06. The maximum absolute atomic E-state index is 11.8. The number of hydrogen-bond donors (Lipinski definition) is 1. The molecule has 1 N–H and O–H groups in total. The number of carbonyl (C=O) groups excluding carboxylic acids is 1. The minimum Gasteiger partial charge on any atom is -0.445 e. The van der Waals surface area contributed by atoms with Gasteiger partial charge in [0.25, 0.3) is 0 Å². The Hall–Kier alpha value is -1.55. The summed E-state index contributed by atoms with van der Waals surface area (Å²) in [4.78, 5) is 13.3. The third kappa shape index (κ3) is 2.97. The highest BCUT2D eigenvalue weighted by molar-refractivity contribution is 5.68. The quantitative estimate of drug-likeness (QED) is 0.850. The van der Waals surface area contributed by atoms with Gasteiger partial charge in [-0.15, -0.1) is 0 Å². The first-order valence-corrected chi connectivity index (χ1v) is 5.82. The van der Waals surface area contributed by atoms with Gasteiger partial charge in [-0.05, 0) is 18.9 Å². The van der Waals surface area contributed by atoms with Crippen LogP contribution >= 0.6 is 0 Å². The number of β-amino-alcohol motifs (C(OH)–C–C–N with tert-alkyl or cyclic N) is 1.